The summed E-state index contributed by atoms with van der Waals surface area (Å²) in [7, 11) is 0. The zero-order valence-corrected chi connectivity index (χ0v) is 14.0. The maximum Gasteiger partial charge on any atom is 0.191 e. The van der Waals surface area contributed by atoms with Crippen LogP contribution in [0, 0.1) is 0 Å². The van der Waals surface area contributed by atoms with E-state index in [-0.39, 0.29) is 12.2 Å². The van der Waals surface area contributed by atoms with Crippen LogP contribution in [-0.4, -0.2) is 23.2 Å². The summed E-state index contributed by atoms with van der Waals surface area (Å²) in [5.74, 6) is 0.889. The third kappa shape index (κ3) is 3.60. The molecule has 0 saturated heterocycles. The summed E-state index contributed by atoms with van der Waals surface area (Å²) in [6.45, 7) is 2.57. The predicted molar refractivity (Wildman–Crippen MR) is 98.9 cm³/mol. The molecule has 0 amide bonds. The Morgan fingerprint density at radius 1 is 1.17 bits per heavy atom. The van der Waals surface area contributed by atoms with Crippen molar-refractivity contribution >= 4 is 34.5 Å². The predicted octanol–water partition coefficient (Wildman–Crippen LogP) is 3.36. The Labute approximate surface area is 145 Å². The average molecular weight is 339 g/mol. The molecule has 0 heterocycles. The van der Waals surface area contributed by atoms with E-state index in [4.69, 9.17) is 17.0 Å². The Hall–Kier alpha value is -2.73. The molecule has 0 spiro atoms. The molecule has 24 heavy (non-hydrogen) atoms. The molecule has 1 aliphatic rings. The second kappa shape index (κ2) is 7.23. The van der Waals surface area contributed by atoms with Gasteiger partial charge in [0.1, 0.15) is 5.75 Å². The number of nitrogens with zero attached hydrogens (tertiary/aromatic N) is 1. The number of ketones is 1. The summed E-state index contributed by atoms with van der Waals surface area (Å²) < 4.78 is 5.39. The third-order valence-corrected chi connectivity index (χ3v) is 3.78. The molecule has 2 aromatic rings. The number of Topliss-reactive ketones (excluding diaryl/α,β-unsaturated/α-hetero) is 1. The molecule has 0 unspecified atom stereocenters. The smallest absolute Gasteiger partial charge is 0.191 e. The summed E-state index contributed by atoms with van der Waals surface area (Å²) in [5, 5.41) is 7.68. The summed E-state index contributed by atoms with van der Waals surface area (Å²) in [6.07, 6.45) is 0.290. The van der Waals surface area contributed by atoms with Crippen molar-refractivity contribution in [1.29, 1.82) is 0 Å². The van der Waals surface area contributed by atoms with Gasteiger partial charge >= 0.3 is 0 Å². The van der Waals surface area contributed by atoms with Crippen LogP contribution in [0.25, 0.3) is 0 Å². The summed E-state index contributed by atoms with van der Waals surface area (Å²) in [6, 6.07) is 14.9. The number of ether oxygens (including phenoxy) is 1. The van der Waals surface area contributed by atoms with E-state index in [1.54, 1.807) is 0 Å². The molecule has 122 valence electrons. The van der Waals surface area contributed by atoms with Gasteiger partial charge in [0.2, 0.25) is 0 Å². The van der Waals surface area contributed by atoms with E-state index < -0.39 is 0 Å². The van der Waals surface area contributed by atoms with Crippen LogP contribution in [0.5, 0.6) is 5.75 Å². The highest BCUT2D eigenvalue weighted by Crippen LogP contribution is 2.22. The molecule has 6 heteroatoms. The van der Waals surface area contributed by atoms with Crippen molar-refractivity contribution in [2.45, 2.75) is 13.3 Å². The van der Waals surface area contributed by atoms with Crippen molar-refractivity contribution in [1.82, 2.24) is 5.43 Å². The normalized spacial score (nSPS) is 14.4. The monoisotopic (exact) mass is 339 g/mol. The van der Waals surface area contributed by atoms with Crippen molar-refractivity contribution in [2.24, 2.45) is 5.10 Å². The van der Waals surface area contributed by atoms with E-state index in [2.05, 4.69) is 15.8 Å². The number of nitrogens with one attached hydrogen (secondary N) is 2. The summed E-state index contributed by atoms with van der Waals surface area (Å²) in [5.41, 5.74) is 5.90. The second-order valence-electron chi connectivity index (χ2n) is 5.23. The van der Waals surface area contributed by atoms with Crippen LogP contribution < -0.4 is 15.5 Å². The first-order valence-corrected chi connectivity index (χ1v) is 8.07. The number of hydrogen-bond acceptors (Lipinski definition) is 4. The zero-order valence-electron chi connectivity index (χ0n) is 13.2. The van der Waals surface area contributed by atoms with Gasteiger partial charge in [-0.3, -0.25) is 10.2 Å². The summed E-state index contributed by atoms with van der Waals surface area (Å²) >= 11 is 5.24. The van der Waals surface area contributed by atoms with E-state index in [0.29, 0.717) is 23.0 Å². The molecule has 0 bridgehead atoms. The Kier molecular flexibility index (Phi) is 4.86. The lowest BCUT2D eigenvalue weighted by Crippen LogP contribution is -2.25. The van der Waals surface area contributed by atoms with Gasteiger partial charge in [0.25, 0.3) is 0 Å². The zero-order chi connectivity index (χ0) is 16.9. The largest absolute Gasteiger partial charge is 0.494 e. The molecule has 5 nitrogen and oxygen atoms in total. The van der Waals surface area contributed by atoms with E-state index in [1.165, 1.54) is 0 Å². The van der Waals surface area contributed by atoms with Gasteiger partial charge in [-0.05, 0) is 43.4 Å². The number of carbonyl (C=O) groups is 1. The third-order valence-electron chi connectivity index (χ3n) is 3.58. The van der Waals surface area contributed by atoms with Gasteiger partial charge in [-0.2, -0.15) is 5.10 Å². The minimum Gasteiger partial charge on any atom is -0.494 e. The van der Waals surface area contributed by atoms with Crippen molar-refractivity contribution < 1.29 is 9.53 Å². The Bertz CT molecular complexity index is 800. The van der Waals surface area contributed by atoms with Gasteiger partial charge in [-0.1, -0.05) is 24.3 Å². The topological polar surface area (TPSA) is 62.7 Å². The molecule has 2 aromatic carbocycles. The minimum atomic E-state index is 0.0801. The molecule has 2 N–H and O–H groups in total. The number of hydrazone groups is 1. The number of carbonyl (C=O) groups excluding carboxylic acids is 1. The van der Waals surface area contributed by atoms with Crippen molar-refractivity contribution in [3.05, 3.63) is 59.7 Å². The van der Waals surface area contributed by atoms with Crippen LogP contribution in [0.15, 0.2) is 53.6 Å². The van der Waals surface area contributed by atoms with Crippen molar-refractivity contribution in [2.75, 3.05) is 11.9 Å². The first-order chi connectivity index (χ1) is 11.7. The molecular formula is C18H17N3O2S. The molecule has 0 radical (unpaired) electrons. The fraction of sp³-hybridized carbons (Fsp3) is 0.167. The number of anilines is 1. The van der Waals surface area contributed by atoms with Crippen LogP contribution in [0.1, 0.15) is 29.3 Å². The molecule has 0 saturated carbocycles. The highest BCUT2D eigenvalue weighted by atomic mass is 32.1. The Morgan fingerprint density at radius 2 is 1.88 bits per heavy atom. The lowest BCUT2D eigenvalue weighted by Gasteiger charge is -2.09. The lowest BCUT2D eigenvalue weighted by molar-refractivity contribution is 0.101. The molecule has 0 aliphatic heterocycles. The van der Waals surface area contributed by atoms with Crippen molar-refractivity contribution in [3.8, 4) is 5.75 Å². The minimum absolute atomic E-state index is 0.0801. The van der Waals surface area contributed by atoms with Gasteiger partial charge in [-0.15, -0.1) is 0 Å². The van der Waals surface area contributed by atoms with E-state index in [1.807, 2.05) is 55.5 Å². The Balaban J connectivity index is 1.63. The fourth-order valence-corrected chi connectivity index (χ4v) is 2.66. The molecular weight excluding hydrogens is 322 g/mol. The van der Waals surface area contributed by atoms with Crippen LogP contribution in [0.2, 0.25) is 0 Å². The maximum atomic E-state index is 11.9. The number of benzene rings is 2. The average Bonchev–Trinajstić information content (AvgIpc) is 2.92. The van der Waals surface area contributed by atoms with Gasteiger partial charge in [0.05, 0.1) is 18.7 Å². The number of hydrogen-bond donors (Lipinski definition) is 2. The van der Waals surface area contributed by atoms with Gasteiger partial charge in [0, 0.05) is 16.8 Å². The van der Waals surface area contributed by atoms with E-state index in [9.17, 15) is 4.79 Å². The first-order valence-electron chi connectivity index (χ1n) is 7.66. The van der Waals surface area contributed by atoms with Gasteiger partial charge < -0.3 is 10.1 Å². The molecule has 0 atom stereocenters. The summed E-state index contributed by atoms with van der Waals surface area (Å²) in [4.78, 5) is 11.9. The fourth-order valence-electron chi connectivity index (χ4n) is 2.50. The lowest BCUT2D eigenvalue weighted by atomic mass is 10.1. The van der Waals surface area contributed by atoms with Crippen LogP contribution >= 0.6 is 12.2 Å². The highest BCUT2D eigenvalue weighted by molar-refractivity contribution is 7.80. The van der Waals surface area contributed by atoms with Crippen LogP contribution in [-0.2, 0) is 0 Å². The van der Waals surface area contributed by atoms with Crippen LogP contribution in [0.4, 0.5) is 5.69 Å². The standard InChI is InChI=1S/C18H17N3O2S/c1-2-23-13-9-7-12(8-10-13)19-18(24)21-20-16-11-17(22)15-6-4-3-5-14(15)16/h3-10H,2,11H2,1H3,(H2,19,21,24)/b20-16+. The number of fused-ring (bicyclic) bond motifs is 1. The van der Waals surface area contributed by atoms with Gasteiger partial charge in [-0.25, -0.2) is 0 Å². The van der Waals surface area contributed by atoms with Crippen molar-refractivity contribution in [3.63, 3.8) is 0 Å². The molecule has 0 fully saturated rings. The molecule has 0 aromatic heterocycles. The first kappa shape index (κ1) is 16.1. The van der Waals surface area contributed by atoms with Gasteiger partial charge in [0.15, 0.2) is 10.9 Å². The number of thiocarbonyl (C=S) groups is 1. The maximum absolute atomic E-state index is 11.9. The van der Waals surface area contributed by atoms with E-state index in [0.717, 1.165) is 17.0 Å². The quantitative estimate of drug-likeness (QED) is 0.661. The van der Waals surface area contributed by atoms with Crippen LogP contribution in [0.3, 0.4) is 0 Å². The molecule has 1 aliphatic carbocycles. The highest BCUT2D eigenvalue weighted by Gasteiger charge is 2.24. The second-order valence-corrected chi connectivity index (χ2v) is 5.64. The Morgan fingerprint density at radius 3 is 2.58 bits per heavy atom. The SMILES string of the molecule is CCOc1ccc(NC(=S)N/N=C2\CC(=O)c3ccccc32)cc1. The molecule has 3 rings (SSSR count). The van der Waals surface area contributed by atoms with E-state index >= 15 is 0 Å². The number of rotatable bonds is 4.